The van der Waals surface area contributed by atoms with Gasteiger partial charge in [0.15, 0.2) is 0 Å². The molecule has 0 aliphatic rings. The van der Waals surface area contributed by atoms with Crippen LogP contribution in [0.2, 0.25) is 0 Å². The second kappa shape index (κ2) is 5.56. The van der Waals surface area contributed by atoms with E-state index in [1.807, 2.05) is 6.92 Å². The van der Waals surface area contributed by atoms with Crippen LogP contribution in [0.4, 0.5) is 0 Å². The zero-order valence-corrected chi connectivity index (χ0v) is 8.09. The van der Waals surface area contributed by atoms with Crippen molar-refractivity contribution in [3.05, 3.63) is 0 Å². The van der Waals surface area contributed by atoms with Gasteiger partial charge in [-0.25, -0.2) is 0 Å². The Morgan fingerprint density at radius 3 is 2.18 bits per heavy atom. The summed E-state index contributed by atoms with van der Waals surface area (Å²) in [6, 6.07) is 0.723. The molecule has 68 valence electrons. The van der Waals surface area contributed by atoms with Crippen LogP contribution in [0.25, 0.3) is 0 Å². The highest BCUT2D eigenvalue weighted by Gasteiger charge is 2.11. The van der Waals surface area contributed by atoms with Crippen molar-refractivity contribution in [1.82, 2.24) is 5.32 Å². The molecule has 0 aliphatic heterocycles. The zero-order valence-electron chi connectivity index (χ0n) is 8.09. The van der Waals surface area contributed by atoms with E-state index < -0.39 is 0 Å². The molecule has 0 rings (SSSR count). The summed E-state index contributed by atoms with van der Waals surface area (Å²) in [4.78, 5) is 0. The average Bonchev–Trinajstić information content (AvgIpc) is 2.02. The molecular formula is C9H21NO. The van der Waals surface area contributed by atoms with Crippen molar-refractivity contribution in [3.8, 4) is 0 Å². The second-order valence-electron chi connectivity index (χ2n) is 3.42. The molecule has 0 aromatic rings. The van der Waals surface area contributed by atoms with Crippen LogP contribution in [0.3, 0.4) is 0 Å². The maximum absolute atomic E-state index is 8.78. The van der Waals surface area contributed by atoms with E-state index in [9.17, 15) is 0 Å². The maximum atomic E-state index is 8.78. The molecule has 2 nitrogen and oxygen atoms in total. The number of aliphatic hydroxyl groups excluding tert-OH is 1. The van der Waals surface area contributed by atoms with E-state index in [1.165, 1.54) is 6.42 Å². The lowest BCUT2D eigenvalue weighted by Crippen LogP contribution is -2.40. The second-order valence-corrected chi connectivity index (χ2v) is 3.42. The Morgan fingerprint density at radius 1 is 1.27 bits per heavy atom. The maximum Gasteiger partial charge on any atom is 0.0582 e. The molecule has 3 unspecified atom stereocenters. The summed E-state index contributed by atoms with van der Waals surface area (Å²) in [6.07, 6.45) is 1.19. The highest BCUT2D eigenvalue weighted by molar-refractivity contribution is 4.70. The lowest BCUT2D eigenvalue weighted by Gasteiger charge is -2.23. The van der Waals surface area contributed by atoms with Crippen molar-refractivity contribution in [2.24, 2.45) is 5.92 Å². The van der Waals surface area contributed by atoms with Gasteiger partial charge in [-0.3, -0.25) is 0 Å². The van der Waals surface area contributed by atoms with Gasteiger partial charge in [0.1, 0.15) is 0 Å². The van der Waals surface area contributed by atoms with Gasteiger partial charge in [0.05, 0.1) is 6.61 Å². The van der Waals surface area contributed by atoms with Crippen LogP contribution < -0.4 is 5.32 Å². The van der Waals surface area contributed by atoms with Crippen molar-refractivity contribution < 1.29 is 5.11 Å². The standard InChI is InChI=1S/C9H21NO/c1-5-7(2)9(4)10-8(3)6-11/h7-11H,5-6H2,1-4H3. The van der Waals surface area contributed by atoms with Gasteiger partial charge in [-0.15, -0.1) is 0 Å². The third-order valence-corrected chi connectivity index (χ3v) is 2.32. The van der Waals surface area contributed by atoms with Crippen LogP contribution >= 0.6 is 0 Å². The van der Waals surface area contributed by atoms with Crippen LogP contribution in [-0.2, 0) is 0 Å². The molecule has 2 N–H and O–H groups in total. The summed E-state index contributed by atoms with van der Waals surface area (Å²) in [5.74, 6) is 0.684. The molecule has 0 saturated carbocycles. The van der Waals surface area contributed by atoms with Gasteiger partial charge in [0.2, 0.25) is 0 Å². The van der Waals surface area contributed by atoms with Crippen LogP contribution in [0.15, 0.2) is 0 Å². The molecule has 0 saturated heterocycles. The SMILES string of the molecule is CCC(C)C(C)NC(C)CO. The number of nitrogens with one attached hydrogen (secondary N) is 1. The minimum Gasteiger partial charge on any atom is -0.395 e. The Kier molecular flexibility index (Phi) is 5.51. The average molecular weight is 159 g/mol. The molecule has 0 aromatic carbocycles. The van der Waals surface area contributed by atoms with Gasteiger partial charge in [0, 0.05) is 12.1 Å². The summed E-state index contributed by atoms with van der Waals surface area (Å²) < 4.78 is 0. The smallest absolute Gasteiger partial charge is 0.0582 e. The third-order valence-electron chi connectivity index (χ3n) is 2.32. The molecule has 11 heavy (non-hydrogen) atoms. The fraction of sp³-hybridized carbons (Fsp3) is 1.00. The molecule has 2 heteroatoms. The van der Waals surface area contributed by atoms with E-state index in [1.54, 1.807) is 0 Å². The summed E-state index contributed by atoms with van der Waals surface area (Å²) in [6.45, 7) is 8.80. The molecule has 0 heterocycles. The van der Waals surface area contributed by atoms with E-state index in [0.717, 1.165) is 0 Å². The summed E-state index contributed by atoms with van der Waals surface area (Å²) in [5, 5.41) is 12.1. The van der Waals surface area contributed by atoms with Crippen molar-refractivity contribution >= 4 is 0 Å². The Labute approximate surface area is 70.0 Å². The lowest BCUT2D eigenvalue weighted by molar-refractivity contribution is 0.229. The first-order valence-electron chi connectivity index (χ1n) is 4.48. The molecule has 0 radical (unpaired) electrons. The molecule has 0 aromatic heterocycles. The minimum absolute atomic E-state index is 0.221. The lowest BCUT2D eigenvalue weighted by atomic mass is 10.0. The zero-order chi connectivity index (χ0) is 8.85. The Hall–Kier alpha value is -0.0800. The first kappa shape index (κ1) is 10.9. The van der Waals surface area contributed by atoms with Gasteiger partial charge in [-0.1, -0.05) is 20.3 Å². The van der Waals surface area contributed by atoms with Crippen molar-refractivity contribution in [3.63, 3.8) is 0 Å². The Morgan fingerprint density at radius 2 is 1.82 bits per heavy atom. The Balaban J connectivity index is 3.58. The predicted octanol–water partition coefficient (Wildman–Crippen LogP) is 1.39. The molecule has 3 atom stereocenters. The minimum atomic E-state index is 0.221. The topological polar surface area (TPSA) is 32.3 Å². The van der Waals surface area contributed by atoms with E-state index in [2.05, 4.69) is 26.1 Å². The van der Waals surface area contributed by atoms with E-state index in [4.69, 9.17) is 5.11 Å². The van der Waals surface area contributed by atoms with Gasteiger partial charge in [0.25, 0.3) is 0 Å². The monoisotopic (exact) mass is 159 g/mol. The fourth-order valence-electron chi connectivity index (χ4n) is 1.02. The predicted molar refractivity (Wildman–Crippen MR) is 48.6 cm³/mol. The first-order chi connectivity index (χ1) is 5.11. The number of rotatable bonds is 5. The summed E-state index contributed by atoms with van der Waals surface area (Å²) in [7, 11) is 0. The molecular weight excluding hydrogens is 138 g/mol. The highest BCUT2D eigenvalue weighted by atomic mass is 16.3. The molecule has 0 amide bonds. The molecule has 0 spiro atoms. The van der Waals surface area contributed by atoms with Crippen molar-refractivity contribution in [2.75, 3.05) is 6.61 Å². The van der Waals surface area contributed by atoms with Gasteiger partial charge in [-0.2, -0.15) is 0 Å². The van der Waals surface area contributed by atoms with Crippen LogP contribution in [0.5, 0.6) is 0 Å². The van der Waals surface area contributed by atoms with E-state index in [0.29, 0.717) is 12.0 Å². The highest BCUT2D eigenvalue weighted by Crippen LogP contribution is 2.06. The quantitative estimate of drug-likeness (QED) is 0.635. The van der Waals surface area contributed by atoms with Gasteiger partial charge < -0.3 is 10.4 Å². The van der Waals surface area contributed by atoms with Gasteiger partial charge >= 0.3 is 0 Å². The fourth-order valence-corrected chi connectivity index (χ4v) is 1.02. The largest absolute Gasteiger partial charge is 0.395 e. The normalized spacial score (nSPS) is 19.4. The van der Waals surface area contributed by atoms with Crippen molar-refractivity contribution in [2.45, 2.75) is 46.2 Å². The van der Waals surface area contributed by atoms with Crippen LogP contribution in [0, 0.1) is 5.92 Å². The third kappa shape index (κ3) is 4.38. The van der Waals surface area contributed by atoms with Crippen LogP contribution in [0.1, 0.15) is 34.1 Å². The van der Waals surface area contributed by atoms with Gasteiger partial charge in [-0.05, 0) is 19.8 Å². The number of hydrogen-bond donors (Lipinski definition) is 2. The number of aliphatic hydroxyl groups is 1. The number of hydrogen-bond acceptors (Lipinski definition) is 2. The van der Waals surface area contributed by atoms with E-state index in [-0.39, 0.29) is 12.6 Å². The first-order valence-corrected chi connectivity index (χ1v) is 4.48. The van der Waals surface area contributed by atoms with E-state index >= 15 is 0 Å². The molecule has 0 bridgehead atoms. The van der Waals surface area contributed by atoms with Crippen molar-refractivity contribution in [1.29, 1.82) is 0 Å². The summed E-state index contributed by atoms with van der Waals surface area (Å²) >= 11 is 0. The molecule has 0 aliphatic carbocycles. The Bertz CT molecular complexity index is 95.6. The van der Waals surface area contributed by atoms with Crippen LogP contribution in [-0.4, -0.2) is 23.8 Å². The molecule has 0 fully saturated rings. The summed E-state index contributed by atoms with van der Waals surface area (Å²) in [5.41, 5.74) is 0.